The zero-order valence-corrected chi connectivity index (χ0v) is 12.8. The highest BCUT2D eigenvalue weighted by atomic mass is 79.9. The maximum absolute atomic E-state index is 12.0. The molecule has 0 radical (unpaired) electrons. The number of piperazine rings is 1. The normalized spacial score (nSPS) is 16.9. The summed E-state index contributed by atoms with van der Waals surface area (Å²) in [6, 6.07) is 4.01. The predicted octanol–water partition coefficient (Wildman–Crippen LogP) is 2.09. The Bertz CT molecular complexity index is 472. The highest BCUT2D eigenvalue weighted by Crippen LogP contribution is 2.24. The van der Waals surface area contributed by atoms with Gasteiger partial charge in [-0.2, -0.15) is 0 Å². The van der Waals surface area contributed by atoms with Gasteiger partial charge in [0.25, 0.3) is 0 Å². The first-order valence-electron chi connectivity index (χ1n) is 5.83. The van der Waals surface area contributed by atoms with Crippen LogP contribution in [0.5, 0.6) is 0 Å². The lowest BCUT2D eigenvalue weighted by Gasteiger charge is -2.35. The van der Waals surface area contributed by atoms with E-state index >= 15 is 0 Å². The lowest BCUT2D eigenvalue weighted by Crippen LogP contribution is -2.55. The summed E-state index contributed by atoms with van der Waals surface area (Å²) in [5, 5.41) is 0. The van der Waals surface area contributed by atoms with Crippen molar-refractivity contribution in [2.24, 2.45) is 0 Å². The van der Waals surface area contributed by atoms with E-state index in [1.54, 1.807) is 21.1 Å². The van der Waals surface area contributed by atoms with E-state index in [-0.39, 0.29) is 17.9 Å². The summed E-state index contributed by atoms with van der Waals surface area (Å²) in [7, 11) is 0. The molecule has 2 heterocycles. The molecule has 1 aliphatic heterocycles. The molecule has 2 amide bonds. The van der Waals surface area contributed by atoms with Crippen LogP contribution in [0.4, 0.5) is 0 Å². The van der Waals surface area contributed by atoms with Crippen LogP contribution in [0.25, 0.3) is 0 Å². The van der Waals surface area contributed by atoms with E-state index in [9.17, 15) is 9.59 Å². The monoisotopic (exact) mass is 330 g/mol. The van der Waals surface area contributed by atoms with Crippen LogP contribution in [-0.4, -0.2) is 40.7 Å². The quantitative estimate of drug-likeness (QED) is 0.796. The highest BCUT2D eigenvalue weighted by Gasteiger charge is 2.33. The molecule has 0 spiro atoms. The zero-order chi connectivity index (χ0) is 13.3. The molecule has 0 aliphatic carbocycles. The number of carbonyl (C=O) groups excluding carboxylic acids is 2. The molecule has 1 saturated heterocycles. The van der Waals surface area contributed by atoms with Crippen LogP contribution in [0.15, 0.2) is 15.9 Å². The van der Waals surface area contributed by atoms with E-state index in [1.165, 1.54) is 0 Å². The number of hydrogen-bond donors (Lipinski definition) is 0. The maximum atomic E-state index is 12.0. The van der Waals surface area contributed by atoms with Gasteiger partial charge < -0.3 is 9.80 Å². The van der Waals surface area contributed by atoms with Crippen LogP contribution < -0.4 is 0 Å². The molecule has 1 aromatic heterocycles. The van der Waals surface area contributed by atoms with Crippen molar-refractivity contribution in [3.05, 3.63) is 20.8 Å². The Morgan fingerprint density at radius 1 is 1.28 bits per heavy atom. The van der Waals surface area contributed by atoms with Gasteiger partial charge in [-0.15, -0.1) is 11.3 Å². The first-order chi connectivity index (χ1) is 8.49. The number of hydrogen-bond acceptors (Lipinski definition) is 3. The lowest BCUT2D eigenvalue weighted by molar-refractivity contribution is -0.157. The van der Waals surface area contributed by atoms with Crippen LogP contribution in [0.3, 0.4) is 0 Å². The van der Waals surface area contributed by atoms with Gasteiger partial charge in [-0.1, -0.05) is 0 Å². The molecule has 1 fully saturated rings. The number of nitrogens with zero attached hydrogens (tertiary/aromatic N) is 2. The highest BCUT2D eigenvalue weighted by molar-refractivity contribution is 9.11. The van der Waals surface area contributed by atoms with Crippen molar-refractivity contribution >= 4 is 39.1 Å². The van der Waals surface area contributed by atoms with E-state index in [4.69, 9.17) is 0 Å². The molecule has 0 atom stereocenters. The maximum Gasteiger partial charge on any atom is 0.312 e. The van der Waals surface area contributed by atoms with Crippen LogP contribution >= 0.6 is 27.3 Å². The Hall–Kier alpha value is -0.880. The minimum Gasteiger partial charge on any atom is -0.330 e. The molecule has 0 bridgehead atoms. The average Bonchev–Trinajstić information content (AvgIpc) is 2.70. The number of rotatable bonds is 3. The Labute approximate surface area is 119 Å². The number of amides is 2. The second-order valence-corrected chi connectivity index (χ2v) is 7.07. The Morgan fingerprint density at radius 2 is 2.00 bits per heavy atom. The van der Waals surface area contributed by atoms with Gasteiger partial charge in [-0.05, 0) is 41.9 Å². The molecule has 1 aliphatic rings. The van der Waals surface area contributed by atoms with Gasteiger partial charge in [-0.25, -0.2) is 0 Å². The van der Waals surface area contributed by atoms with Gasteiger partial charge in [0.2, 0.25) is 0 Å². The smallest absolute Gasteiger partial charge is 0.312 e. The Kier molecular flexibility index (Phi) is 4.07. The predicted molar refractivity (Wildman–Crippen MR) is 74.3 cm³/mol. The fourth-order valence-electron chi connectivity index (χ4n) is 1.96. The minimum absolute atomic E-state index is 0.0829. The van der Waals surface area contributed by atoms with Crippen molar-refractivity contribution in [3.8, 4) is 0 Å². The largest absolute Gasteiger partial charge is 0.330 e. The van der Waals surface area contributed by atoms with Gasteiger partial charge >= 0.3 is 11.8 Å². The van der Waals surface area contributed by atoms with Crippen molar-refractivity contribution in [1.82, 2.24) is 9.80 Å². The molecule has 18 heavy (non-hydrogen) atoms. The SMILES string of the molecule is CC(C)N1CCN(Cc2ccc(Br)s2)C(=O)C1=O. The van der Waals surface area contributed by atoms with Crippen molar-refractivity contribution in [2.75, 3.05) is 13.1 Å². The second kappa shape index (κ2) is 5.40. The standard InChI is InChI=1S/C12H15BrN2O2S/c1-8(2)15-6-5-14(11(16)12(15)17)7-9-3-4-10(13)18-9/h3-4,8H,5-7H2,1-2H3. The van der Waals surface area contributed by atoms with Crippen molar-refractivity contribution in [3.63, 3.8) is 0 Å². The van der Waals surface area contributed by atoms with Gasteiger partial charge in [-0.3, -0.25) is 9.59 Å². The van der Waals surface area contributed by atoms with Crippen LogP contribution in [-0.2, 0) is 16.1 Å². The van der Waals surface area contributed by atoms with Crippen molar-refractivity contribution in [2.45, 2.75) is 26.4 Å². The number of thiophene rings is 1. The average molecular weight is 331 g/mol. The minimum atomic E-state index is -0.389. The Morgan fingerprint density at radius 3 is 2.56 bits per heavy atom. The summed E-state index contributed by atoms with van der Waals surface area (Å²) in [6.45, 7) is 5.61. The fourth-order valence-corrected chi connectivity index (χ4v) is 3.46. The van der Waals surface area contributed by atoms with Gasteiger partial charge in [0.15, 0.2) is 0 Å². The molecule has 0 aromatic carbocycles. The van der Waals surface area contributed by atoms with Gasteiger partial charge in [0.05, 0.1) is 10.3 Å². The van der Waals surface area contributed by atoms with E-state index in [0.29, 0.717) is 19.6 Å². The summed E-state index contributed by atoms with van der Waals surface area (Å²) in [6.07, 6.45) is 0. The summed E-state index contributed by atoms with van der Waals surface area (Å²) in [5.41, 5.74) is 0. The van der Waals surface area contributed by atoms with Gasteiger partial charge in [0.1, 0.15) is 0 Å². The summed E-state index contributed by atoms with van der Waals surface area (Å²) < 4.78 is 1.04. The fraction of sp³-hybridized carbons (Fsp3) is 0.500. The third kappa shape index (κ3) is 2.75. The molecule has 0 unspecified atom stereocenters. The molecule has 4 nitrogen and oxygen atoms in total. The molecule has 0 N–H and O–H groups in total. The molecule has 1 aromatic rings. The van der Waals surface area contributed by atoms with E-state index in [0.717, 1.165) is 8.66 Å². The van der Waals surface area contributed by atoms with E-state index in [2.05, 4.69) is 15.9 Å². The van der Waals surface area contributed by atoms with E-state index in [1.807, 2.05) is 26.0 Å². The molecule has 2 rings (SSSR count). The molecular formula is C12H15BrN2O2S. The topological polar surface area (TPSA) is 40.6 Å². The first kappa shape index (κ1) is 13.5. The van der Waals surface area contributed by atoms with Crippen LogP contribution in [0, 0.1) is 0 Å². The van der Waals surface area contributed by atoms with Crippen molar-refractivity contribution < 1.29 is 9.59 Å². The molecule has 98 valence electrons. The molecule has 6 heteroatoms. The number of halogens is 1. The summed E-state index contributed by atoms with van der Waals surface area (Å²) in [4.78, 5) is 28.2. The molecule has 0 saturated carbocycles. The van der Waals surface area contributed by atoms with Crippen molar-refractivity contribution in [1.29, 1.82) is 0 Å². The first-order valence-corrected chi connectivity index (χ1v) is 7.44. The van der Waals surface area contributed by atoms with Gasteiger partial charge in [0, 0.05) is 24.0 Å². The lowest BCUT2D eigenvalue weighted by atomic mass is 10.2. The number of carbonyl (C=O) groups is 2. The third-order valence-corrected chi connectivity index (χ3v) is 4.55. The van der Waals surface area contributed by atoms with Crippen LogP contribution in [0.2, 0.25) is 0 Å². The third-order valence-electron chi connectivity index (χ3n) is 2.94. The molecular weight excluding hydrogens is 316 g/mol. The zero-order valence-electron chi connectivity index (χ0n) is 10.4. The summed E-state index contributed by atoms with van der Waals surface area (Å²) in [5.74, 6) is -0.772. The Balaban J connectivity index is 2.04. The van der Waals surface area contributed by atoms with Crippen LogP contribution in [0.1, 0.15) is 18.7 Å². The second-order valence-electron chi connectivity index (χ2n) is 4.52. The summed E-state index contributed by atoms with van der Waals surface area (Å²) >= 11 is 4.98. The van der Waals surface area contributed by atoms with E-state index < -0.39 is 0 Å².